The van der Waals surface area contributed by atoms with Gasteiger partial charge in [0.15, 0.2) is 11.5 Å². The Morgan fingerprint density at radius 2 is 1.94 bits per heavy atom. The average Bonchev–Trinajstić information content (AvgIpc) is 2.70. The normalized spacial score (nSPS) is 22.5. The average molecular weight is 464 g/mol. The first kappa shape index (κ1) is 23.0. The third-order valence-electron chi connectivity index (χ3n) is 6.05. The Labute approximate surface area is 189 Å². The lowest BCUT2D eigenvalue weighted by Gasteiger charge is -2.38. The fourth-order valence-corrected chi connectivity index (χ4v) is 4.30. The van der Waals surface area contributed by atoms with Crippen LogP contribution < -0.4 is 20.9 Å². The molecule has 0 saturated heterocycles. The first-order chi connectivity index (χ1) is 15.5. The van der Waals surface area contributed by atoms with Crippen molar-refractivity contribution < 1.29 is 18.0 Å². The van der Waals surface area contributed by atoms with Crippen LogP contribution in [0.15, 0.2) is 12.4 Å². The molecular weight excluding hydrogens is 437 g/mol. The molecule has 1 unspecified atom stereocenters. The van der Waals surface area contributed by atoms with Crippen molar-refractivity contribution in [1.82, 2.24) is 19.9 Å². The molecule has 1 aliphatic carbocycles. The maximum Gasteiger partial charge on any atom is 0.434 e. The zero-order valence-corrected chi connectivity index (χ0v) is 18.9. The maximum absolute atomic E-state index is 12.6. The van der Waals surface area contributed by atoms with Gasteiger partial charge in [0.2, 0.25) is 11.9 Å². The van der Waals surface area contributed by atoms with Gasteiger partial charge >= 0.3 is 6.18 Å². The molecule has 0 radical (unpaired) electrons. The molecule has 3 heterocycles. The third-order valence-corrected chi connectivity index (χ3v) is 6.05. The molecule has 2 aromatic heterocycles. The molecular formula is C21H27F3N8O. The smallest absolute Gasteiger partial charge is 0.369 e. The summed E-state index contributed by atoms with van der Waals surface area (Å²) in [7, 11) is 1.87. The summed E-state index contributed by atoms with van der Waals surface area (Å²) in [6.07, 6.45) is -0.942. The fourth-order valence-electron chi connectivity index (χ4n) is 4.30. The Kier molecular flexibility index (Phi) is 6.02. The highest BCUT2D eigenvalue weighted by Gasteiger charge is 2.36. The SMILES string of the molecule is Cc1nc(NC2CC(CNc3cnc(C(F)(F)F)cn3)C2)nc2c1NC(=O)C(C(C)C)N2C. The highest BCUT2D eigenvalue weighted by Crippen LogP contribution is 2.36. The van der Waals surface area contributed by atoms with E-state index in [-0.39, 0.29) is 23.9 Å². The van der Waals surface area contributed by atoms with Crippen LogP contribution in [-0.4, -0.2) is 51.5 Å². The Morgan fingerprint density at radius 3 is 2.55 bits per heavy atom. The zero-order valence-electron chi connectivity index (χ0n) is 18.9. The van der Waals surface area contributed by atoms with Crippen LogP contribution in [0.3, 0.4) is 0 Å². The number of hydrogen-bond donors (Lipinski definition) is 3. The number of carbonyl (C=O) groups is 1. The van der Waals surface area contributed by atoms with E-state index < -0.39 is 11.9 Å². The van der Waals surface area contributed by atoms with Crippen LogP contribution in [0.1, 0.15) is 38.1 Å². The number of nitrogens with one attached hydrogen (secondary N) is 3. The van der Waals surface area contributed by atoms with Crippen LogP contribution in [-0.2, 0) is 11.0 Å². The Morgan fingerprint density at radius 1 is 1.21 bits per heavy atom. The summed E-state index contributed by atoms with van der Waals surface area (Å²) in [5, 5.41) is 9.33. The van der Waals surface area contributed by atoms with Gasteiger partial charge in [-0.05, 0) is 31.6 Å². The summed E-state index contributed by atoms with van der Waals surface area (Å²) in [5.74, 6) is 1.95. The van der Waals surface area contributed by atoms with Gasteiger partial charge in [0, 0.05) is 19.6 Å². The minimum absolute atomic E-state index is 0.0560. The predicted octanol–water partition coefficient (Wildman–Crippen LogP) is 3.31. The number of carbonyl (C=O) groups excluding carboxylic acids is 1. The summed E-state index contributed by atoms with van der Waals surface area (Å²) < 4.78 is 37.7. The van der Waals surface area contributed by atoms with E-state index in [1.165, 1.54) is 0 Å². The molecule has 33 heavy (non-hydrogen) atoms. The van der Waals surface area contributed by atoms with Crippen molar-refractivity contribution in [3.8, 4) is 0 Å². The second-order valence-corrected chi connectivity index (χ2v) is 8.96. The van der Waals surface area contributed by atoms with E-state index in [9.17, 15) is 18.0 Å². The first-order valence-corrected chi connectivity index (χ1v) is 10.8. The van der Waals surface area contributed by atoms with Crippen LogP contribution in [0.5, 0.6) is 0 Å². The van der Waals surface area contributed by atoms with E-state index in [1.54, 1.807) is 0 Å². The molecule has 9 nitrogen and oxygen atoms in total. The van der Waals surface area contributed by atoms with Crippen molar-refractivity contribution in [2.75, 3.05) is 34.4 Å². The van der Waals surface area contributed by atoms with Crippen molar-refractivity contribution in [1.29, 1.82) is 0 Å². The molecule has 178 valence electrons. The van der Waals surface area contributed by atoms with Crippen molar-refractivity contribution in [2.45, 2.75) is 51.9 Å². The Hall–Kier alpha value is -3.18. The van der Waals surface area contributed by atoms with Crippen molar-refractivity contribution >= 4 is 29.2 Å². The Balaban J connectivity index is 1.32. The molecule has 1 fully saturated rings. The number of halogens is 3. The number of fused-ring (bicyclic) bond motifs is 1. The van der Waals surface area contributed by atoms with Gasteiger partial charge in [-0.25, -0.2) is 15.0 Å². The summed E-state index contributed by atoms with van der Waals surface area (Å²) in [6.45, 7) is 6.43. The largest absolute Gasteiger partial charge is 0.434 e. The quantitative estimate of drug-likeness (QED) is 0.598. The maximum atomic E-state index is 12.6. The topological polar surface area (TPSA) is 108 Å². The second-order valence-electron chi connectivity index (χ2n) is 8.96. The molecule has 0 bridgehead atoms. The number of aryl methyl sites for hydroxylation is 1. The van der Waals surface area contributed by atoms with E-state index in [2.05, 4.69) is 35.9 Å². The summed E-state index contributed by atoms with van der Waals surface area (Å²) in [6, 6.07) is -0.107. The minimum Gasteiger partial charge on any atom is -0.369 e. The van der Waals surface area contributed by atoms with Gasteiger partial charge in [0.1, 0.15) is 17.5 Å². The second kappa shape index (κ2) is 8.64. The van der Waals surface area contributed by atoms with Gasteiger partial charge < -0.3 is 20.9 Å². The zero-order chi connectivity index (χ0) is 23.9. The lowest BCUT2D eigenvalue weighted by Crippen LogP contribution is -2.50. The highest BCUT2D eigenvalue weighted by atomic mass is 19.4. The van der Waals surface area contributed by atoms with E-state index in [4.69, 9.17) is 0 Å². The molecule has 1 aliphatic heterocycles. The van der Waals surface area contributed by atoms with E-state index >= 15 is 0 Å². The first-order valence-electron chi connectivity index (χ1n) is 10.8. The van der Waals surface area contributed by atoms with E-state index in [0.29, 0.717) is 41.4 Å². The van der Waals surface area contributed by atoms with Gasteiger partial charge in [-0.15, -0.1) is 0 Å². The highest BCUT2D eigenvalue weighted by molar-refractivity contribution is 6.03. The monoisotopic (exact) mass is 464 g/mol. The number of anilines is 4. The molecule has 1 saturated carbocycles. The number of hydrogen-bond acceptors (Lipinski definition) is 8. The van der Waals surface area contributed by atoms with E-state index in [1.807, 2.05) is 32.7 Å². The van der Waals surface area contributed by atoms with Crippen LogP contribution in [0, 0.1) is 18.8 Å². The lowest BCUT2D eigenvalue weighted by atomic mass is 9.80. The van der Waals surface area contributed by atoms with E-state index in [0.717, 1.165) is 25.2 Å². The van der Waals surface area contributed by atoms with Crippen LogP contribution in [0.4, 0.5) is 36.4 Å². The standard InChI is InChI=1S/C21H27F3N8O/c1-10(2)17-19(33)30-16-11(3)28-20(31-18(16)32(17)4)29-13-5-12(6-13)7-26-15-9-25-14(8-27-15)21(22,23)24/h8-10,12-13,17H,5-7H2,1-4H3,(H,26,27)(H,30,33)(H,28,29,31). The number of alkyl halides is 3. The fraction of sp³-hybridized carbons (Fsp3) is 0.571. The predicted molar refractivity (Wildman–Crippen MR) is 118 cm³/mol. The molecule has 2 aromatic rings. The molecule has 2 aliphatic rings. The Bertz CT molecular complexity index is 1020. The molecule has 4 rings (SSSR count). The van der Waals surface area contributed by atoms with Gasteiger partial charge in [0.05, 0.1) is 18.1 Å². The minimum atomic E-state index is -4.49. The number of aromatic nitrogens is 4. The number of nitrogens with zero attached hydrogens (tertiary/aromatic N) is 5. The number of amides is 1. The lowest BCUT2D eigenvalue weighted by molar-refractivity contribution is -0.141. The van der Waals surface area contributed by atoms with Crippen molar-refractivity contribution in [3.63, 3.8) is 0 Å². The number of likely N-dealkylation sites (N-methyl/N-ethyl adjacent to an activating group) is 1. The van der Waals surface area contributed by atoms with Gasteiger partial charge in [-0.2, -0.15) is 18.2 Å². The molecule has 0 aromatic carbocycles. The van der Waals surface area contributed by atoms with Crippen LogP contribution >= 0.6 is 0 Å². The molecule has 0 spiro atoms. The van der Waals surface area contributed by atoms with Gasteiger partial charge in [-0.3, -0.25) is 4.79 Å². The van der Waals surface area contributed by atoms with Crippen molar-refractivity contribution in [2.24, 2.45) is 11.8 Å². The molecule has 12 heteroatoms. The third kappa shape index (κ3) is 4.79. The summed E-state index contributed by atoms with van der Waals surface area (Å²) in [4.78, 5) is 30.7. The van der Waals surface area contributed by atoms with Gasteiger partial charge in [0.25, 0.3) is 0 Å². The molecule has 3 N–H and O–H groups in total. The number of rotatable bonds is 6. The summed E-state index contributed by atoms with van der Waals surface area (Å²) in [5.41, 5.74) is 0.327. The molecule has 1 amide bonds. The molecule has 1 atom stereocenters. The van der Waals surface area contributed by atoms with Crippen molar-refractivity contribution in [3.05, 3.63) is 23.8 Å². The van der Waals surface area contributed by atoms with Crippen LogP contribution in [0.2, 0.25) is 0 Å². The van der Waals surface area contributed by atoms with Crippen LogP contribution in [0.25, 0.3) is 0 Å². The summed E-state index contributed by atoms with van der Waals surface area (Å²) >= 11 is 0. The van der Waals surface area contributed by atoms with Gasteiger partial charge in [-0.1, -0.05) is 13.8 Å².